The SMILES string of the molecule is CCC1CCCC(N)C1.[CH2-]C1CCCC(CN)C1.[CH3-].[K+]. The molecule has 0 aliphatic heterocycles. The van der Waals surface area contributed by atoms with Crippen molar-refractivity contribution in [3.05, 3.63) is 14.4 Å². The molecule has 2 fully saturated rings. The second-order valence-electron chi connectivity index (χ2n) is 6.34. The predicted molar refractivity (Wildman–Crippen MR) is 86.5 cm³/mol. The van der Waals surface area contributed by atoms with Crippen LogP contribution in [0.5, 0.6) is 0 Å². The zero-order chi connectivity index (χ0) is 13.4. The van der Waals surface area contributed by atoms with E-state index >= 15 is 0 Å². The monoisotopic (exact) mass is 307 g/mol. The first kappa shape index (κ1) is 23.8. The Morgan fingerprint density at radius 1 is 1.00 bits per heavy atom. The molecule has 0 radical (unpaired) electrons. The summed E-state index contributed by atoms with van der Waals surface area (Å²) in [5.41, 5.74) is 11.3. The number of hydrogen-bond donors (Lipinski definition) is 2. The molecule has 0 aromatic heterocycles. The van der Waals surface area contributed by atoms with Crippen LogP contribution in [0, 0.1) is 32.1 Å². The second-order valence-corrected chi connectivity index (χ2v) is 6.34. The summed E-state index contributed by atoms with van der Waals surface area (Å²) in [5, 5.41) is 0. The molecule has 3 heteroatoms. The summed E-state index contributed by atoms with van der Waals surface area (Å²) < 4.78 is 0. The van der Waals surface area contributed by atoms with Crippen molar-refractivity contribution in [1.82, 2.24) is 0 Å². The summed E-state index contributed by atoms with van der Waals surface area (Å²) in [6, 6.07) is 0.517. The van der Waals surface area contributed by atoms with Crippen molar-refractivity contribution in [2.75, 3.05) is 6.54 Å². The Morgan fingerprint density at radius 3 is 2.00 bits per heavy atom. The zero-order valence-corrected chi connectivity index (χ0v) is 17.4. The minimum atomic E-state index is 0. The molecule has 4 unspecified atom stereocenters. The van der Waals surface area contributed by atoms with Crippen molar-refractivity contribution in [3.63, 3.8) is 0 Å². The topological polar surface area (TPSA) is 52.0 Å². The Kier molecular flexibility index (Phi) is 16.9. The van der Waals surface area contributed by atoms with Crippen LogP contribution < -0.4 is 62.9 Å². The normalized spacial score (nSPS) is 33.0. The van der Waals surface area contributed by atoms with E-state index in [1.54, 1.807) is 0 Å². The molecule has 0 amide bonds. The predicted octanol–water partition coefficient (Wildman–Crippen LogP) is 0.954. The van der Waals surface area contributed by atoms with E-state index in [0.717, 1.165) is 18.4 Å². The molecule has 20 heavy (non-hydrogen) atoms. The third kappa shape index (κ3) is 10.3. The maximum absolute atomic E-state index is 5.80. The molecule has 2 saturated carbocycles. The van der Waals surface area contributed by atoms with Gasteiger partial charge >= 0.3 is 51.4 Å². The van der Waals surface area contributed by atoms with Gasteiger partial charge in [0.1, 0.15) is 0 Å². The molecule has 0 spiro atoms. The van der Waals surface area contributed by atoms with E-state index in [0.29, 0.717) is 12.0 Å². The fraction of sp³-hybridized carbons (Fsp3) is 0.882. The van der Waals surface area contributed by atoms with Gasteiger partial charge in [-0.2, -0.15) is 5.92 Å². The van der Waals surface area contributed by atoms with Gasteiger partial charge in [0, 0.05) is 6.04 Å². The molecule has 2 rings (SSSR count). The van der Waals surface area contributed by atoms with E-state index < -0.39 is 0 Å². The molecule has 116 valence electrons. The van der Waals surface area contributed by atoms with Gasteiger partial charge in [-0.25, -0.2) is 0 Å². The summed E-state index contributed by atoms with van der Waals surface area (Å²) in [5.74, 6) is 2.40. The van der Waals surface area contributed by atoms with E-state index in [-0.39, 0.29) is 58.8 Å². The van der Waals surface area contributed by atoms with Crippen molar-refractivity contribution >= 4 is 0 Å². The molecule has 4 atom stereocenters. The van der Waals surface area contributed by atoms with Crippen LogP contribution in [0.1, 0.15) is 64.7 Å². The zero-order valence-electron chi connectivity index (χ0n) is 14.2. The quantitative estimate of drug-likeness (QED) is 0.590. The van der Waals surface area contributed by atoms with Crippen molar-refractivity contribution in [2.24, 2.45) is 29.2 Å². The van der Waals surface area contributed by atoms with Crippen LogP contribution in [0.3, 0.4) is 0 Å². The maximum Gasteiger partial charge on any atom is 1.00 e. The number of nitrogens with two attached hydrogens (primary N) is 2. The Bertz CT molecular complexity index is 189. The molecule has 0 heterocycles. The van der Waals surface area contributed by atoms with Gasteiger partial charge in [0.05, 0.1) is 0 Å². The van der Waals surface area contributed by atoms with Gasteiger partial charge in [0.15, 0.2) is 0 Å². The first-order valence-electron chi connectivity index (χ1n) is 7.94. The van der Waals surface area contributed by atoms with E-state index in [2.05, 4.69) is 13.8 Å². The molecular formula is C17H36KN2-. The van der Waals surface area contributed by atoms with Crippen molar-refractivity contribution in [2.45, 2.75) is 70.8 Å². The first-order valence-corrected chi connectivity index (χ1v) is 7.94. The molecule has 0 saturated heterocycles. The maximum atomic E-state index is 5.80. The van der Waals surface area contributed by atoms with Crippen LogP contribution in [-0.4, -0.2) is 12.6 Å². The fourth-order valence-electron chi connectivity index (χ4n) is 3.32. The summed E-state index contributed by atoms with van der Waals surface area (Å²) in [4.78, 5) is 0. The first-order chi connectivity index (χ1) is 8.65. The van der Waals surface area contributed by atoms with Crippen molar-refractivity contribution in [1.29, 1.82) is 0 Å². The summed E-state index contributed by atoms with van der Waals surface area (Å²) in [6.07, 6.45) is 11.9. The Morgan fingerprint density at radius 2 is 1.60 bits per heavy atom. The van der Waals surface area contributed by atoms with Gasteiger partial charge in [0.2, 0.25) is 0 Å². The molecule has 2 aliphatic carbocycles. The average Bonchev–Trinajstić information content (AvgIpc) is 2.39. The van der Waals surface area contributed by atoms with Gasteiger partial charge in [-0.3, -0.25) is 0 Å². The van der Waals surface area contributed by atoms with Gasteiger partial charge in [-0.1, -0.05) is 45.4 Å². The Balaban J connectivity index is 0. The van der Waals surface area contributed by atoms with Gasteiger partial charge in [0.25, 0.3) is 0 Å². The Labute approximate surface area is 170 Å². The molecule has 0 aromatic rings. The molecule has 0 bridgehead atoms. The van der Waals surface area contributed by atoms with Gasteiger partial charge < -0.3 is 25.8 Å². The molecule has 4 N–H and O–H groups in total. The van der Waals surface area contributed by atoms with Crippen molar-refractivity contribution < 1.29 is 51.4 Å². The van der Waals surface area contributed by atoms with E-state index in [4.69, 9.17) is 11.5 Å². The number of rotatable bonds is 2. The van der Waals surface area contributed by atoms with Crippen LogP contribution >= 0.6 is 0 Å². The fourth-order valence-corrected chi connectivity index (χ4v) is 3.32. The van der Waals surface area contributed by atoms with Crippen LogP contribution in [0.2, 0.25) is 0 Å². The molecule has 0 aromatic carbocycles. The van der Waals surface area contributed by atoms with E-state index in [9.17, 15) is 0 Å². The molecule has 2 nitrogen and oxygen atoms in total. The largest absolute Gasteiger partial charge is 1.00 e. The third-order valence-electron chi connectivity index (χ3n) is 4.63. The summed E-state index contributed by atoms with van der Waals surface area (Å²) in [7, 11) is 0. The smallest absolute Gasteiger partial charge is 0.358 e. The summed E-state index contributed by atoms with van der Waals surface area (Å²) in [6.45, 7) is 7.17. The van der Waals surface area contributed by atoms with E-state index in [1.807, 2.05) is 0 Å². The van der Waals surface area contributed by atoms with Gasteiger partial charge in [-0.05, 0) is 37.6 Å². The van der Waals surface area contributed by atoms with E-state index in [1.165, 1.54) is 57.8 Å². The second kappa shape index (κ2) is 14.2. The average molecular weight is 308 g/mol. The third-order valence-corrected chi connectivity index (χ3v) is 4.63. The summed E-state index contributed by atoms with van der Waals surface area (Å²) >= 11 is 0. The molecular weight excluding hydrogens is 271 g/mol. The van der Waals surface area contributed by atoms with Gasteiger partial charge in [-0.15, -0.1) is 0 Å². The molecule has 2 aliphatic rings. The number of hydrogen-bond acceptors (Lipinski definition) is 2. The van der Waals surface area contributed by atoms with Crippen LogP contribution in [0.25, 0.3) is 0 Å². The van der Waals surface area contributed by atoms with Crippen LogP contribution in [-0.2, 0) is 0 Å². The van der Waals surface area contributed by atoms with Crippen molar-refractivity contribution in [3.8, 4) is 0 Å². The standard InChI is InChI=1S/C8H16N.C8H17N.CH3.K/c1-7-3-2-4-8(5-7)6-9;1-2-7-4-3-5-8(9)6-7;;/h7-8H,1-6,9H2;7-8H,2-6,9H2,1H3;1H3;/q-1;;-1;+1. The Hall–Kier alpha value is 1.56. The minimum Gasteiger partial charge on any atom is -0.358 e. The minimum absolute atomic E-state index is 0. The van der Waals surface area contributed by atoms with Crippen LogP contribution in [0.4, 0.5) is 0 Å². The van der Waals surface area contributed by atoms with Crippen LogP contribution in [0.15, 0.2) is 0 Å².